The van der Waals surface area contributed by atoms with E-state index in [1.54, 1.807) is 0 Å². The van der Waals surface area contributed by atoms with Crippen LogP contribution in [0, 0.1) is 0 Å². The van der Waals surface area contributed by atoms with E-state index in [1.807, 2.05) is 37.3 Å². The molecule has 3 heteroatoms. The van der Waals surface area contributed by atoms with Crippen LogP contribution in [0.3, 0.4) is 0 Å². The number of nitrogens with one attached hydrogen (secondary N) is 1. The first-order valence-corrected chi connectivity index (χ1v) is 4.64. The molecule has 0 saturated heterocycles. The Labute approximate surface area is 83.8 Å². The van der Waals surface area contributed by atoms with E-state index in [2.05, 4.69) is 5.32 Å². The van der Waals surface area contributed by atoms with Crippen LogP contribution >= 0.6 is 0 Å². The number of amides is 1. The number of aliphatic hydroxyl groups excluding tert-OH is 1. The number of aliphatic hydroxyl groups is 1. The average molecular weight is 193 g/mol. The summed E-state index contributed by atoms with van der Waals surface area (Å²) in [6, 6.07) is 9.56. The van der Waals surface area contributed by atoms with E-state index in [0.29, 0.717) is 0 Å². The van der Waals surface area contributed by atoms with Gasteiger partial charge in [0.25, 0.3) is 0 Å². The Bertz CT molecular complexity index is 295. The molecule has 2 N–H and O–H groups in total. The second-order valence-corrected chi connectivity index (χ2v) is 3.32. The van der Waals surface area contributed by atoms with Gasteiger partial charge in [0.15, 0.2) is 0 Å². The fraction of sp³-hybridized carbons (Fsp3) is 0.364. The molecule has 1 rings (SSSR count). The Hall–Kier alpha value is -1.35. The predicted molar refractivity (Wildman–Crippen MR) is 54.7 cm³/mol. The highest BCUT2D eigenvalue weighted by molar-refractivity contribution is 5.80. The first-order chi connectivity index (χ1) is 6.61. The maximum absolute atomic E-state index is 11.2. The molecule has 0 heterocycles. The van der Waals surface area contributed by atoms with Crippen molar-refractivity contribution in [2.24, 2.45) is 0 Å². The summed E-state index contributed by atoms with van der Waals surface area (Å²) >= 11 is 0. The van der Waals surface area contributed by atoms with Crippen molar-refractivity contribution < 1.29 is 9.90 Å². The van der Waals surface area contributed by atoms with Crippen LogP contribution in [0.2, 0.25) is 0 Å². The van der Waals surface area contributed by atoms with Crippen LogP contribution in [-0.2, 0) is 4.79 Å². The average Bonchev–Trinajstić information content (AvgIpc) is 2.19. The van der Waals surface area contributed by atoms with Crippen molar-refractivity contribution in [2.45, 2.75) is 26.0 Å². The normalized spacial score (nSPS) is 14.5. The summed E-state index contributed by atoms with van der Waals surface area (Å²) in [6.45, 7) is 3.34. The van der Waals surface area contributed by atoms with Crippen LogP contribution in [0.15, 0.2) is 30.3 Å². The number of rotatable bonds is 3. The molecule has 0 aromatic heterocycles. The minimum atomic E-state index is -0.957. The van der Waals surface area contributed by atoms with Crippen LogP contribution in [0.1, 0.15) is 25.5 Å². The minimum Gasteiger partial charge on any atom is -0.384 e. The van der Waals surface area contributed by atoms with Gasteiger partial charge >= 0.3 is 0 Å². The van der Waals surface area contributed by atoms with Crippen molar-refractivity contribution in [3.05, 3.63) is 35.9 Å². The number of hydrogen-bond donors (Lipinski definition) is 2. The molecule has 2 atom stereocenters. The van der Waals surface area contributed by atoms with E-state index in [1.165, 1.54) is 6.92 Å². The highest BCUT2D eigenvalue weighted by Crippen LogP contribution is 2.10. The van der Waals surface area contributed by atoms with E-state index < -0.39 is 6.10 Å². The van der Waals surface area contributed by atoms with Gasteiger partial charge in [-0.25, -0.2) is 0 Å². The molecule has 14 heavy (non-hydrogen) atoms. The van der Waals surface area contributed by atoms with Gasteiger partial charge in [-0.3, -0.25) is 4.79 Å². The van der Waals surface area contributed by atoms with E-state index in [4.69, 9.17) is 5.11 Å². The van der Waals surface area contributed by atoms with Gasteiger partial charge in [0.1, 0.15) is 6.10 Å². The van der Waals surface area contributed by atoms with E-state index in [9.17, 15) is 4.79 Å². The van der Waals surface area contributed by atoms with Gasteiger partial charge < -0.3 is 10.4 Å². The molecule has 0 unspecified atom stereocenters. The lowest BCUT2D eigenvalue weighted by Gasteiger charge is -2.15. The highest BCUT2D eigenvalue weighted by atomic mass is 16.3. The number of hydrogen-bond acceptors (Lipinski definition) is 2. The molecule has 0 aliphatic carbocycles. The predicted octanol–water partition coefficient (Wildman–Crippen LogP) is 1.24. The first-order valence-electron chi connectivity index (χ1n) is 4.64. The van der Waals surface area contributed by atoms with Gasteiger partial charge in [-0.15, -0.1) is 0 Å². The number of carbonyl (C=O) groups is 1. The smallest absolute Gasteiger partial charge is 0.249 e. The molecule has 0 radical (unpaired) electrons. The van der Waals surface area contributed by atoms with Crippen molar-refractivity contribution >= 4 is 5.91 Å². The number of carbonyl (C=O) groups excluding carboxylic acids is 1. The Morgan fingerprint density at radius 1 is 1.29 bits per heavy atom. The highest BCUT2D eigenvalue weighted by Gasteiger charge is 2.12. The van der Waals surface area contributed by atoms with Gasteiger partial charge in [0, 0.05) is 0 Å². The Morgan fingerprint density at radius 2 is 1.86 bits per heavy atom. The standard InChI is InChI=1S/C11H15NO2/c1-8(12-11(14)9(2)13)10-6-4-3-5-7-10/h3-9,13H,1-2H3,(H,12,14)/t8-,9-/m0/s1. The zero-order chi connectivity index (χ0) is 10.6. The molecule has 0 aliphatic rings. The molecule has 76 valence electrons. The van der Waals surface area contributed by atoms with Crippen LogP contribution < -0.4 is 5.32 Å². The van der Waals surface area contributed by atoms with Crippen molar-refractivity contribution in [3.8, 4) is 0 Å². The fourth-order valence-electron chi connectivity index (χ4n) is 1.16. The molecular weight excluding hydrogens is 178 g/mol. The summed E-state index contributed by atoms with van der Waals surface area (Å²) in [5, 5.41) is 11.7. The zero-order valence-electron chi connectivity index (χ0n) is 8.40. The lowest BCUT2D eigenvalue weighted by atomic mass is 10.1. The summed E-state index contributed by atoms with van der Waals surface area (Å²) in [4.78, 5) is 11.2. The maximum atomic E-state index is 11.2. The molecule has 0 fully saturated rings. The minimum absolute atomic E-state index is 0.0710. The van der Waals surface area contributed by atoms with Crippen LogP contribution in [0.25, 0.3) is 0 Å². The second-order valence-electron chi connectivity index (χ2n) is 3.32. The van der Waals surface area contributed by atoms with Crippen LogP contribution in [0.5, 0.6) is 0 Å². The zero-order valence-corrected chi connectivity index (χ0v) is 8.40. The molecular formula is C11H15NO2. The van der Waals surface area contributed by atoms with E-state index in [-0.39, 0.29) is 11.9 Å². The van der Waals surface area contributed by atoms with Crippen molar-refractivity contribution in [1.82, 2.24) is 5.32 Å². The Balaban J connectivity index is 2.59. The summed E-state index contributed by atoms with van der Waals surface area (Å²) in [5.41, 5.74) is 1.03. The SMILES string of the molecule is C[C@H](O)C(=O)N[C@@H](C)c1ccccc1. The van der Waals surface area contributed by atoms with Gasteiger partial charge in [-0.2, -0.15) is 0 Å². The Morgan fingerprint density at radius 3 is 2.36 bits per heavy atom. The van der Waals surface area contributed by atoms with Gasteiger partial charge in [0.05, 0.1) is 6.04 Å². The quantitative estimate of drug-likeness (QED) is 0.759. The van der Waals surface area contributed by atoms with Gasteiger partial charge in [-0.1, -0.05) is 30.3 Å². The first kappa shape index (κ1) is 10.7. The monoisotopic (exact) mass is 193 g/mol. The summed E-state index contributed by atoms with van der Waals surface area (Å²) in [7, 11) is 0. The maximum Gasteiger partial charge on any atom is 0.249 e. The molecule has 1 aromatic carbocycles. The summed E-state index contributed by atoms with van der Waals surface area (Å²) in [6.07, 6.45) is -0.957. The van der Waals surface area contributed by atoms with Crippen LogP contribution in [0.4, 0.5) is 0 Å². The third-order valence-corrected chi connectivity index (χ3v) is 2.04. The lowest BCUT2D eigenvalue weighted by molar-refractivity contribution is -0.129. The largest absolute Gasteiger partial charge is 0.384 e. The molecule has 3 nitrogen and oxygen atoms in total. The molecule has 0 saturated carbocycles. The third kappa shape index (κ3) is 2.85. The van der Waals surface area contributed by atoms with Crippen molar-refractivity contribution in [1.29, 1.82) is 0 Å². The molecule has 1 amide bonds. The topological polar surface area (TPSA) is 49.3 Å². The summed E-state index contributed by atoms with van der Waals surface area (Å²) < 4.78 is 0. The summed E-state index contributed by atoms with van der Waals surface area (Å²) in [5.74, 6) is -0.346. The van der Waals surface area contributed by atoms with E-state index >= 15 is 0 Å². The Kier molecular flexibility index (Phi) is 3.65. The third-order valence-electron chi connectivity index (χ3n) is 2.04. The molecule has 0 aliphatic heterocycles. The van der Waals surface area contributed by atoms with Crippen molar-refractivity contribution in [2.75, 3.05) is 0 Å². The van der Waals surface area contributed by atoms with Crippen LogP contribution in [-0.4, -0.2) is 17.1 Å². The van der Waals surface area contributed by atoms with E-state index in [0.717, 1.165) is 5.56 Å². The number of benzene rings is 1. The van der Waals surface area contributed by atoms with Gasteiger partial charge in [0.2, 0.25) is 5.91 Å². The van der Waals surface area contributed by atoms with Crippen molar-refractivity contribution in [3.63, 3.8) is 0 Å². The van der Waals surface area contributed by atoms with Gasteiger partial charge in [-0.05, 0) is 19.4 Å². The molecule has 0 spiro atoms. The fourth-order valence-corrected chi connectivity index (χ4v) is 1.16. The molecule has 1 aromatic rings. The molecule has 0 bridgehead atoms. The second kappa shape index (κ2) is 4.77. The lowest BCUT2D eigenvalue weighted by Crippen LogP contribution is -2.34.